The molecule has 0 unspecified atom stereocenters. The van der Waals surface area contributed by atoms with Gasteiger partial charge in [-0.25, -0.2) is 0 Å². The fraction of sp³-hybridized carbons (Fsp3) is 0.311. The van der Waals surface area contributed by atoms with Crippen LogP contribution in [-0.2, 0) is 21.7 Å². The molecule has 0 N–H and O–H groups in total. The zero-order chi connectivity index (χ0) is 62.1. The molecular formula is C90H88N2. The first-order valence-electron chi connectivity index (χ1n) is 35.0. The van der Waals surface area contributed by atoms with Gasteiger partial charge in [-0.3, -0.25) is 0 Å². The van der Waals surface area contributed by atoms with Gasteiger partial charge in [-0.05, 0) is 274 Å². The van der Waals surface area contributed by atoms with Crippen LogP contribution in [0.2, 0.25) is 0 Å². The van der Waals surface area contributed by atoms with Crippen molar-refractivity contribution in [3.63, 3.8) is 0 Å². The molecule has 8 saturated carbocycles. The Hall–Kier alpha value is -8.46. The highest BCUT2D eigenvalue weighted by Crippen LogP contribution is 2.64. The second kappa shape index (κ2) is 22.1. The maximum atomic E-state index is 2.76. The van der Waals surface area contributed by atoms with Gasteiger partial charge >= 0.3 is 0 Å². The normalized spacial score (nSPS) is 23.8. The van der Waals surface area contributed by atoms with E-state index in [-0.39, 0.29) is 21.7 Å². The molecule has 2 nitrogen and oxygen atoms in total. The van der Waals surface area contributed by atoms with Crippen LogP contribution in [0.15, 0.2) is 243 Å². The molecule has 8 fully saturated rings. The van der Waals surface area contributed by atoms with Crippen LogP contribution in [0.25, 0.3) is 66.1 Å². The molecular weight excluding hydrogens is 1110 g/mol. The van der Waals surface area contributed by atoms with Crippen LogP contribution in [0.3, 0.4) is 0 Å². The number of rotatable bonds is 12. The molecule has 0 saturated heterocycles. The molecule has 8 bridgehead atoms. The van der Waals surface area contributed by atoms with E-state index in [1.165, 1.54) is 188 Å². The van der Waals surface area contributed by atoms with Gasteiger partial charge in [0, 0.05) is 44.3 Å². The lowest BCUT2D eigenvalue weighted by molar-refractivity contribution is -0.00525. The fourth-order valence-electron chi connectivity index (χ4n) is 19.9. The van der Waals surface area contributed by atoms with E-state index in [4.69, 9.17) is 0 Å². The summed E-state index contributed by atoms with van der Waals surface area (Å²) in [5.74, 6) is 4.95. The molecule has 2 heteroatoms. The van der Waals surface area contributed by atoms with Crippen molar-refractivity contribution >= 4 is 55.7 Å². The van der Waals surface area contributed by atoms with Crippen LogP contribution in [0.4, 0.5) is 34.1 Å². The Labute approximate surface area is 547 Å². The first-order valence-corrected chi connectivity index (χ1v) is 35.0. The van der Waals surface area contributed by atoms with Gasteiger partial charge in [-0.15, -0.1) is 0 Å². The predicted octanol–water partition coefficient (Wildman–Crippen LogP) is 25.1. The molecule has 0 aliphatic heterocycles. The van der Waals surface area contributed by atoms with Gasteiger partial charge in [0.25, 0.3) is 0 Å². The van der Waals surface area contributed by atoms with Gasteiger partial charge in [0.15, 0.2) is 0 Å². The Morgan fingerprint density at radius 3 is 0.826 bits per heavy atom. The smallest absolute Gasteiger partial charge is 0.0620 e. The van der Waals surface area contributed by atoms with Crippen molar-refractivity contribution in [2.45, 2.75) is 140 Å². The average molecular weight is 1200 g/mol. The first kappa shape index (κ1) is 57.4. The first-order chi connectivity index (χ1) is 44.7. The van der Waals surface area contributed by atoms with Gasteiger partial charge in [-0.1, -0.05) is 211 Å². The highest BCUT2D eigenvalue weighted by molar-refractivity contribution is 6.23. The molecule has 92 heavy (non-hydrogen) atoms. The summed E-state index contributed by atoms with van der Waals surface area (Å²) in [5.41, 5.74) is 23.2. The van der Waals surface area contributed by atoms with E-state index < -0.39 is 0 Å². The van der Waals surface area contributed by atoms with Crippen molar-refractivity contribution in [3.05, 3.63) is 265 Å². The number of hydrogen-bond acceptors (Lipinski definition) is 2. The van der Waals surface area contributed by atoms with Crippen molar-refractivity contribution in [3.8, 4) is 44.5 Å². The summed E-state index contributed by atoms with van der Waals surface area (Å²) in [4.78, 5) is 5.36. The zero-order valence-electron chi connectivity index (χ0n) is 54.9. The van der Waals surface area contributed by atoms with Crippen LogP contribution < -0.4 is 9.80 Å². The zero-order valence-corrected chi connectivity index (χ0v) is 54.9. The number of anilines is 6. The van der Waals surface area contributed by atoms with Crippen LogP contribution in [-0.4, -0.2) is 0 Å². The molecule has 0 heterocycles. The number of hydrogen-bond donors (Lipinski definition) is 0. The summed E-state index contributed by atoms with van der Waals surface area (Å²) >= 11 is 0. The Morgan fingerprint density at radius 1 is 0.261 bits per heavy atom. The summed E-state index contributed by atoms with van der Waals surface area (Å²) in [6, 6.07) is 94.4. The Morgan fingerprint density at radius 2 is 0.533 bits per heavy atom. The number of nitrogens with zero attached hydrogens (tertiary/aromatic N) is 2. The number of benzene rings is 11. The third-order valence-corrected chi connectivity index (χ3v) is 23.6. The lowest BCUT2D eigenvalue weighted by Gasteiger charge is -2.57. The molecule has 19 rings (SSSR count). The Bertz CT molecular complexity index is 4190. The summed E-state index contributed by atoms with van der Waals surface area (Å²) in [6.45, 7) is 14.1. The van der Waals surface area contributed by atoms with Crippen molar-refractivity contribution in [2.24, 2.45) is 35.5 Å². The molecule has 11 aromatic rings. The Kier molecular flexibility index (Phi) is 13.8. The average Bonchev–Trinajstić information content (AvgIpc) is 0.714. The molecule has 8 aliphatic rings. The largest absolute Gasteiger partial charge is 0.309 e. The van der Waals surface area contributed by atoms with Crippen LogP contribution in [0.5, 0.6) is 0 Å². The van der Waals surface area contributed by atoms with Crippen molar-refractivity contribution in [1.29, 1.82) is 0 Å². The fourth-order valence-corrected chi connectivity index (χ4v) is 19.9. The maximum absolute atomic E-state index is 2.76. The summed E-state index contributed by atoms with van der Waals surface area (Å²) in [7, 11) is 0. The SMILES string of the molecule is CC(C)(C)c1ccc(N(c2ccc(-c3cccc(-c4ccccc4)c3)cc2)c2c3ccc(C45CC6CC(CC(C6)C4)C5)cc3c(N(c3ccc(-c4cccc(-c5ccccc5)c4)cc3)c3ccc(C(C)(C)C)cc3)c3ccc(C45CC6CC(CC(C6)C4)C5)cc23)cc1. The molecule has 11 aromatic carbocycles. The van der Waals surface area contributed by atoms with E-state index >= 15 is 0 Å². The third kappa shape index (κ3) is 10.2. The van der Waals surface area contributed by atoms with Gasteiger partial charge in [0.2, 0.25) is 0 Å². The highest BCUT2D eigenvalue weighted by atomic mass is 15.2. The summed E-state index contributed by atoms with van der Waals surface area (Å²) < 4.78 is 0. The van der Waals surface area contributed by atoms with E-state index in [0.29, 0.717) is 0 Å². The lowest BCUT2D eigenvalue weighted by atomic mass is 9.48. The van der Waals surface area contributed by atoms with Crippen LogP contribution in [0, 0.1) is 35.5 Å². The third-order valence-electron chi connectivity index (χ3n) is 23.6. The van der Waals surface area contributed by atoms with Crippen molar-refractivity contribution in [2.75, 3.05) is 9.80 Å². The van der Waals surface area contributed by atoms with E-state index in [1.54, 1.807) is 11.1 Å². The van der Waals surface area contributed by atoms with Gasteiger partial charge in [0.1, 0.15) is 0 Å². The Balaban J connectivity index is 0.935. The monoisotopic (exact) mass is 1200 g/mol. The van der Waals surface area contributed by atoms with Crippen LogP contribution >= 0.6 is 0 Å². The van der Waals surface area contributed by atoms with Crippen molar-refractivity contribution in [1.82, 2.24) is 0 Å². The quantitative estimate of drug-likeness (QED) is 0.0889. The minimum atomic E-state index is -0.000297. The maximum Gasteiger partial charge on any atom is 0.0620 e. The van der Waals surface area contributed by atoms with E-state index in [1.807, 2.05) is 0 Å². The predicted molar refractivity (Wildman–Crippen MR) is 390 cm³/mol. The molecule has 0 aromatic heterocycles. The van der Waals surface area contributed by atoms with Gasteiger partial charge in [0.05, 0.1) is 11.4 Å². The molecule has 8 aliphatic carbocycles. The molecule has 0 atom stereocenters. The minimum Gasteiger partial charge on any atom is -0.309 e. The van der Waals surface area contributed by atoms with Crippen molar-refractivity contribution < 1.29 is 0 Å². The minimum absolute atomic E-state index is 0.000297. The second-order valence-electron chi connectivity index (χ2n) is 31.9. The van der Waals surface area contributed by atoms with Crippen LogP contribution in [0.1, 0.15) is 141 Å². The topological polar surface area (TPSA) is 6.48 Å². The van der Waals surface area contributed by atoms with Gasteiger partial charge in [-0.2, -0.15) is 0 Å². The highest BCUT2D eigenvalue weighted by Gasteiger charge is 2.53. The van der Waals surface area contributed by atoms with Gasteiger partial charge < -0.3 is 9.80 Å². The molecule has 0 spiro atoms. The molecule has 0 radical (unpaired) electrons. The second-order valence-corrected chi connectivity index (χ2v) is 31.9. The molecule has 458 valence electrons. The molecule has 0 amide bonds. The number of fused-ring (bicyclic) bond motifs is 2. The standard InChI is InChI=1S/C90H88N2/c1-87(2,3)73-27-37-79(38-28-73)91(77-33-23-67(24-34-77)71-21-13-19-69(49-71)65-15-9-7-10-16-65)85-81-41-31-76(90-56-62-46-63(57-90)48-64(47-62)58-90)52-84(81)86(82-42-32-75(51-83(82)85)89-53-59-43-60(54-89)45-61(44-59)55-89)92(80-39-29-74(30-40-80)88(4,5)6)78-35-25-68(26-36-78)72-22-14-20-70(50-72)66-17-11-8-12-18-66/h7-42,49-52,59-64H,43-48,53-58H2,1-6H3. The van der Waals surface area contributed by atoms with E-state index in [0.717, 1.165) is 35.5 Å². The summed E-state index contributed by atoms with van der Waals surface area (Å²) in [6.07, 6.45) is 16.4. The van der Waals surface area contributed by atoms with E-state index in [9.17, 15) is 0 Å². The lowest BCUT2D eigenvalue weighted by Crippen LogP contribution is -2.48. The summed E-state index contributed by atoms with van der Waals surface area (Å²) in [5, 5.41) is 5.25. The van der Waals surface area contributed by atoms with E-state index in [2.05, 4.69) is 294 Å².